The van der Waals surface area contributed by atoms with Gasteiger partial charge in [0.05, 0.1) is 0 Å². The molecule has 1 saturated carbocycles. The van der Waals surface area contributed by atoms with E-state index in [1.807, 2.05) is 75.4 Å². The van der Waals surface area contributed by atoms with Gasteiger partial charge in [0.1, 0.15) is 11.5 Å². The van der Waals surface area contributed by atoms with Crippen LogP contribution in [0.4, 0.5) is 0 Å². The van der Waals surface area contributed by atoms with E-state index >= 15 is 0 Å². The third-order valence-electron chi connectivity index (χ3n) is 6.74. The van der Waals surface area contributed by atoms with E-state index < -0.39 is 17.0 Å². The van der Waals surface area contributed by atoms with Crippen LogP contribution in [0.25, 0.3) is 0 Å². The number of halogens is 1. The number of carbonyl (C=O) groups excluding carboxylic acids is 3. The summed E-state index contributed by atoms with van der Waals surface area (Å²) in [4.78, 5) is 43.1. The van der Waals surface area contributed by atoms with Crippen LogP contribution < -0.4 is 10.6 Å². The van der Waals surface area contributed by atoms with Crippen molar-refractivity contribution in [2.24, 2.45) is 5.41 Å². The normalized spacial score (nSPS) is 15.5. The Morgan fingerprint density at radius 1 is 0.919 bits per heavy atom. The Balaban J connectivity index is 2.02. The topological polar surface area (TPSA) is 78.5 Å². The number of amides is 3. The first-order chi connectivity index (χ1) is 17.4. The SMILES string of the molecule is CC(C)(C)NC(=O)C(c1ccc(Br)cc1)N(Cc1ccccc1)C(=O)C(C)(C)C(=O)NC1CCCCC1. The number of carbonyl (C=O) groups is 3. The average Bonchev–Trinajstić information content (AvgIpc) is 2.84. The van der Waals surface area contributed by atoms with Crippen molar-refractivity contribution in [3.05, 3.63) is 70.2 Å². The highest BCUT2D eigenvalue weighted by molar-refractivity contribution is 9.10. The highest BCUT2D eigenvalue weighted by atomic mass is 79.9. The highest BCUT2D eigenvalue weighted by Gasteiger charge is 2.44. The first-order valence-corrected chi connectivity index (χ1v) is 13.9. The smallest absolute Gasteiger partial charge is 0.247 e. The van der Waals surface area contributed by atoms with Crippen LogP contribution in [0.3, 0.4) is 0 Å². The molecule has 200 valence electrons. The minimum absolute atomic E-state index is 0.0855. The Bertz CT molecular complexity index is 1070. The molecular formula is C30H40BrN3O3. The van der Waals surface area contributed by atoms with Gasteiger partial charge in [0.25, 0.3) is 0 Å². The molecule has 1 unspecified atom stereocenters. The molecule has 0 saturated heterocycles. The zero-order chi connectivity index (χ0) is 27.2. The molecule has 2 aromatic rings. The highest BCUT2D eigenvalue weighted by Crippen LogP contribution is 2.32. The van der Waals surface area contributed by atoms with E-state index in [1.165, 1.54) is 6.42 Å². The summed E-state index contributed by atoms with van der Waals surface area (Å²) in [5.41, 5.74) is -0.301. The zero-order valence-electron chi connectivity index (χ0n) is 22.6. The molecule has 37 heavy (non-hydrogen) atoms. The number of hydrogen-bond acceptors (Lipinski definition) is 3. The van der Waals surface area contributed by atoms with Gasteiger partial charge in [0.2, 0.25) is 17.7 Å². The number of nitrogens with one attached hydrogen (secondary N) is 2. The lowest BCUT2D eigenvalue weighted by molar-refractivity contribution is -0.154. The molecule has 2 aromatic carbocycles. The van der Waals surface area contributed by atoms with Gasteiger partial charge in [-0.2, -0.15) is 0 Å². The molecule has 1 aliphatic carbocycles. The van der Waals surface area contributed by atoms with Crippen LogP contribution in [0.2, 0.25) is 0 Å². The number of rotatable bonds is 8. The summed E-state index contributed by atoms with van der Waals surface area (Å²) in [5.74, 6) is -0.975. The zero-order valence-corrected chi connectivity index (χ0v) is 24.2. The standard InChI is InChI=1S/C30H40BrN3O3/c1-29(2,3)33-26(35)25(22-16-18-23(31)19-17-22)34(20-21-12-8-6-9-13-21)28(37)30(4,5)27(36)32-24-14-10-7-11-15-24/h6,8-9,12-13,16-19,24-25H,7,10-11,14-15,20H2,1-5H3,(H,32,36)(H,33,35). The van der Waals surface area contributed by atoms with Crippen LogP contribution in [-0.2, 0) is 20.9 Å². The molecule has 0 aromatic heterocycles. The van der Waals surface area contributed by atoms with E-state index in [4.69, 9.17) is 0 Å². The lowest BCUT2D eigenvalue weighted by Gasteiger charge is -2.38. The van der Waals surface area contributed by atoms with Gasteiger partial charge >= 0.3 is 0 Å². The molecule has 1 aliphatic rings. The van der Waals surface area contributed by atoms with Crippen molar-refractivity contribution in [1.82, 2.24) is 15.5 Å². The van der Waals surface area contributed by atoms with Crippen molar-refractivity contribution in [2.45, 2.75) is 90.9 Å². The molecule has 0 heterocycles. The largest absolute Gasteiger partial charge is 0.352 e. The molecule has 0 bridgehead atoms. The molecular weight excluding hydrogens is 530 g/mol. The summed E-state index contributed by atoms with van der Waals surface area (Å²) in [6.07, 6.45) is 5.20. The minimum Gasteiger partial charge on any atom is -0.352 e. The predicted octanol–water partition coefficient (Wildman–Crippen LogP) is 5.91. The summed E-state index contributed by atoms with van der Waals surface area (Å²) in [6, 6.07) is 16.2. The fourth-order valence-corrected chi connectivity index (χ4v) is 4.95. The minimum atomic E-state index is -1.36. The summed E-state index contributed by atoms with van der Waals surface area (Å²) in [7, 11) is 0. The van der Waals surface area contributed by atoms with Gasteiger partial charge < -0.3 is 15.5 Å². The lowest BCUT2D eigenvalue weighted by atomic mass is 9.87. The van der Waals surface area contributed by atoms with Crippen LogP contribution in [0, 0.1) is 5.41 Å². The number of benzene rings is 2. The first kappa shape index (κ1) is 28.9. The fraction of sp³-hybridized carbons (Fsp3) is 0.500. The van der Waals surface area contributed by atoms with E-state index in [-0.39, 0.29) is 30.3 Å². The van der Waals surface area contributed by atoms with Gasteiger partial charge in [-0.1, -0.05) is 77.7 Å². The van der Waals surface area contributed by atoms with Crippen LogP contribution in [-0.4, -0.2) is 34.2 Å². The summed E-state index contributed by atoms with van der Waals surface area (Å²) in [6.45, 7) is 9.24. The second kappa shape index (κ2) is 12.2. The Kier molecular flexibility index (Phi) is 9.57. The van der Waals surface area contributed by atoms with Crippen LogP contribution in [0.15, 0.2) is 59.1 Å². The van der Waals surface area contributed by atoms with E-state index in [1.54, 1.807) is 18.7 Å². The van der Waals surface area contributed by atoms with Crippen molar-refractivity contribution in [2.75, 3.05) is 0 Å². The van der Waals surface area contributed by atoms with E-state index in [2.05, 4.69) is 26.6 Å². The Labute approximate surface area is 229 Å². The fourth-order valence-electron chi connectivity index (χ4n) is 4.69. The lowest BCUT2D eigenvalue weighted by Crippen LogP contribution is -2.55. The third-order valence-corrected chi connectivity index (χ3v) is 7.27. The van der Waals surface area contributed by atoms with Crippen LogP contribution in [0.5, 0.6) is 0 Å². The molecule has 7 heteroatoms. The second-order valence-electron chi connectivity index (χ2n) is 11.5. The maximum Gasteiger partial charge on any atom is 0.247 e. The molecule has 6 nitrogen and oxygen atoms in total. The van der Waals surface area contributed by atoms with Gasteiger partial charge in [-0.15, -0.1) is 0 Å². The van der Waals surface area contributed by atoms with Crippen LogP contribution >= 0.6 is 15.9 Å². The number of nitrogens with zero attached hydrogens (tertiary/aromatic N) is 1. The van der Waals surface area contributed by atoms with Gasteiger partial charge in [0, 0.05) is 22.6 Å². The van der Waals surface area contributed by atoms with E-state index in [0.29, 0.717) is 5.56 Å². The average molecular weight is 571 g/mol. The van der Waals surface area contributed by atoms with Crippen molar-refractivity contribution in [3.63, 3.8) is 0 Å². The van der Waals surface area contributed by atoms with E-state index in [0.717, 1.165) is 35.7 Å². The van der Waals surface area contributed by atoms with E-state index in [9.17, 15) is 14.4 Å². The Morgan fingerprint density at radius 3 is 2.08 bits per heavy atom. The second-order valence-corrected chi connectivity index (χ2v) is 12.5. The van der Waals surface area contributed by atoms with Gasteiger partial charge in [-0.05, 0) is 70.7 Å². The van der Waals surface area contributed by atoms with Gasteiger partial charge in [0.15, 0.2) is 0 Å². The summed E-state index contributed by atoms with van der Waals surface area (Å²) >= 11 is 3.46. The maximum atomic E-state index is 14.3. The quantitative estimate of drug-likeness (QED) is 0.388. The molecule has 3 rings (SSSR count). The first-order valence-electron chi connectivity index (χ1n) is 13.1. The summed E-state index contributed by atoms with van der Waals surface area (Å²) < 4.78 is 0.874. The Morgan fingerprint density at radius 2 is 1.51 bits per heavy atom. The number of hydrogen-bond donors (Lipinski definition) is 2. The van der Waals surface area contributed by atoms with Crippen molar-refractivity contribution in [3.8, 4) is 0 Å². The Hall–Kier alpha value is -2.67. The molecule has 0 spiro atoms. The maximum absolute atomic E-state index is 14.3. The molecule has 1 atom stereocenters. The predicted molar refractivity (Wildman–Crippen MR) is 151 cm³/mol. The molecule has 0 aliphatic heterocycles. The van der Waals surface area contributed by atoms with Gasteiger partial charge in [-0.3, -0.25) is 14.4 Å². The monoisotopic (exact) mass is 569 g/mol. The van der Waals surface area contributed by atoms with Crippen molar-refractivity contribution in [1.29, 1.82) is 0 Å². The van der Waals surface area contributed by atoms with Crippen molar-refractivity contribution < 1.29 is 14.4 Å². The molecule has 1 fully saturated rings. The summed E-state index contributed by atoms with van der Waals surface area (Å²) in [5, 5.41) is 6.17. The molecule has 2 N–H and O–H groups in total. The molecule has 0 radical (unpaired) electrons. The van der Waals surface area contributed by atoms with Crippen LogP contribution in [0.1, 0.15) is 83.9 Å². The van der Waals surface area contributed by atoms with Crippen molar-refractivity contribution >= 4 is 33.7 Å². The third kappa shape index (κ3) is 7.91. The molecule has 3 amide bonds. The van der Waals surface area contributed by atoms with Gasteiger partial charge in [-0.25, -0.2) is 0 Å².